The molecule has 4 nitrogen and oxygen atoms in total. The Morgan fingerprint density at radius 3 is 2.32 bits per heavy atom. The van der Waals surface area contributed by atoms with E-state index in [2.05, 4.69) is 47.7 Å². The van der Waals surface area contributed by atoms with Crippen molar-refractivity contribution in [3.05, 3.63) is 47.7 Å². The number of benzene rings is 1. The van der Waals surface area contributed by atoms with Gasteiger partial charge in [-0.2, -0.15) is 0 Å². The monoisotopic (exact) mass is 297 g/mol. The van der Waals surface area contributed by atoms with E-state index in [0.29, 0.717) is 12.3 Å². The van der Waals surface area contributed by atoms with Crippen molar-refractivity contribution < 1.29 is 4.79 Å². The molecule has 22 heavy (non-hydrogen) atoms. The number of rotatable bonds is 5. The average molecular weight is 297 g/mol. The predicted molar refractivity (Wildman–Crippen MR) is 91.5 cm³/mol. The summed E-state index contributed by atoms with van der Waals surface area (Å²) in [5.74, 6) is 1.12. The van der Waals surface area contributed by atoms with Gasteiger partial charge in [0, 0.05) is 12.1 Å². The Kier molecular flexibility index (Phi) is 5.15. The van der Waals surface area contributed by atoms with Crippen molar-refractivity contribution in [2.75, 3.05) is 10.6 Å². The summed E-state index contributed by atoms with van der Waals surface area (Å²) < 4.78 is 0. The number of hydrogen-bond acceptors (Lipinski definition) is 3. The van der Waals surface area contributed by atoms with Gasteiger partial charge in [-0.25, -0.2) is 4.98 Å². The van der Waals surface area contributed by atoms with E-state index in [1.54, 1.807) is 6.20 Å². The maximum atomic E-state index is 11.7. The summed E-state index contributed by atoms with van der Waals surface area (Å²) in [5, 5.41) is 6.13. The van der Waals surface area contributed by atoms with Crippen LogP contribution in [0, 0.1) is 19.8 Å². The number of amides is 1. The number of aromatic nitrogens is 1. The first-order valence-electron chi connectivity index (χ1n) is 7.53. The van der Waals surface area contributed by atoms with Gasteiger partial charge in [-0.1, -0.05) is 19.9 Å². The molecule has 0 bridgehead atoms. The highest BCUT2D eigenvalue weighted by atomic mass is 16.1. The molecular weight excluding hydrogens is 274 g/mol. The summed E-state index contributed by atoms with van der Waals surface area (Å²) in [6.07, 6.45) is 2.19. The summed E-state index contributed by atoms with van der Waals surface area (Å²) in [5.41, 5.74) is 4.15. The van der Waals surface area contributed by atoms with E-state index in [-0.39, 0.29) is 5.91 Å². The molecule has 0 saturated heterocycles. The zero-order chi connectivity index (χ0) is 16.1. The largest absolute Gasteiger partial charge is 0.340 e. The van der Waals surface area contributed by atoms with Crippen LogP contribution in [0.5, 0.6) is 0 Å². The minimum Gasteiger partial charge on any atom is -0.340 e. The minimum absolute atomic E-state index is 0.0202. The molecule has 1 amide bonds. The number of carbonyl (C=O) groups excluding carboxylic acids is 1. The molecule has 0 aliphatic carbocycles. The van der Waals surface area contributed by atoms with Crippen LogP contribution in [0.25, 0.3) is 0 Å². The Labute approximate surface area is 132 Å². The molecule has 1 aromatic carbocycles. The van der Waals surface area contributed by atoms with Crippen LogP contribution in [0.1, 0.15) is 31.4 Å². The fourth-order valence-electron chi connectivity index (χ4n) is 2.32. The molecule has 0 unspecified atom stereocenters. The summed E-state index contributed by atoms with van der Waals surface area (Å²) >= 11 is 0. The Balaban J connectivity index is 2.01. The summed E-state index contributed by atoms with van der Waals surface area (Å²) in [6, 6.07) is 10.0. The van der Waals surface area contributed by atoms with Crippen molar-refractivity contribution in [3.8, 4) is 0 Å². The normalized spacial score (nSPS) is 10.6. The van der Waals surface area contributed by atoms with Gasteiger partial charge in [0.2, 0.25) is 5.91 Å². The highest BCUT2D eigenvalue weighted by molar-refractivity contribution is 5.90. The SMILES string of the molecule is Cc1cc(C)cc(Nc2ccc(NC(=O)CC(C)C)cn2)c1. The van der Waals surface area contributed by atoms with E-state index in [0.717, 1.165) is 17.2 Å². The quantitative estimate of drug-likeness (QED) is 0.858. The number of hydrogen-bond donors (Lipinski definition) is 2. The van der Waals surface area contributed by atoms with E-state index in [4.69, 9.17) is 0 Å². The smallest absolute Gasteiger partial charge is 0.224 e. The van der Waals surface area contributed by atoms with Crippen LogP contribution in [0.3, 0.4) is 0 Å². The second-order valence-corrected chi connectivity index (χ2v) is 6.08. The molecule has 0 saturated carbocycles. The van der Waals surface area contributed by atoms with Crippen LogP contribution in [-0.2, 0) is 4.79 Å². The Morgan fingerprint density at radius 2 is 1.77 bits per heavy atom. The highest BCUT2D eigenvalue weighted by Crippen LogP contribution is 2.19. The first-order chi connectivity index (χ1) is 10.4. The van der Waals surface area contributed by atoms with Crippen molar-refractivity contribution in [1.82, 2.24) is 4.98 Å². The standard InChI is InChI=1S/C18H23N3O/c1-12(2)7-18(22)21-15-5-6-17(19-11-15)20-16-9-13(3)8-14(4)10-16/h5-6,8-12H,7H2,1-4H3,(H,19,20)(H,21,22). The van der Waals surface area contributed by atoms with E-state index in [1.165, 1.54) is 11.1 Å². The van der Waals surface area contributed by atoms with E-state index < -0.39 is 0 Å². The van der Waals surface area contributed by atoms with Gasteiger partial charge in [-0.3, -0.25) is 4.79 Å². The molecule has 0 spiro atoms. The number of nitrogens with one attached hydrogen (secondary N) is 2. The topological polar surface area (TPSA) is 54.0 Å². The van der Waals surface area contributed by atoms with Crippen molar-refractivity contribution >= 4 is 23.1 Å². The van der Waals surface area contributed by atoms with Crippen LogP contribution in [0.15, 0.2) is 36.5 Å². The molecule has 2 N–H and O–H groups in total. The first kappa shape index (κ1) is 16.0. The third-order valence-corrected chi connectivity index (χ3v) is 3.13. The Hall–Kier alpha value is -2.36. The number of nitrogens with zero attached hydrogens (tertiary/aromatic N) is 1. The summed E-state index contributed by atoms with van der Waals surface area (Å²) in [4.78, 5) is 16.1. The van der Waals surface area contributed by atoms with E-state index in [9.17, 15) is 4.79 Å². The van der Waals surface area contributed by atoms with Gasteiger partial charge in [-0.15, -0.1) is 0 Å². The number of pyridine rings is 1. The van der Waals surface area contributed by atoms with Gasteiger partial charge < -0.3 is 10.6 Å². The van der Waals surface area contributed by atoms with Crippen LogP contribution in [-0.4, -0.2) is 10.9 Å². The molecule has 0 radical (unpaired) electrons. The third-order valence-electron chi connectivity index (χ3n) is 3.13. The predicted octanol–water partition coefficient (Wildman–Crippen LogP) is 4.43. The first-order valence-corrected chi connectivity index (χ1v) is 7.53. The highest BCUT2D eigenvalue weighted by Gasteiger charge is 2.05. The lowest BCUT2D eigenvalue weighted by atomic mass is 10.1. The average Bonchev–Trinajstić information content (AvgIpc) is 2.39. The fraction of sp³-hybridized carbons (Fsp3) is 0.333. The van der Waals surface area contributed by atoms with Crippen LogP contribution in [0.2, 0.25) is 0 Å². The van der Waals surface area contributed by atoms with Gasteiger partial charge in [0.25, 0.3) is 0 Å². The van der Waals surface area contributed by atoms with Gasteiger partial charge in [0.1, 0.15) is 5.82 Å². The molecule has 0 aliphatic heterocycles. The molecule has 0 atom stereocenters. The lowest BCUT2D eigenvalue weighted by molar-refractivity contribution is -0.116. The molecular formula is C18H23N3O. The van der Waals surface area contributed by atoms with E-state index >= 15 is 0 Å². The lowest BCUT2D eigenvalue weighted by Crippen LogP contribution is -2.13. The zero-order valence-corrected chi connectivity index (χ0v) is 13.6. The molecule has 2 rings (SSSR count). The zero-order valence-electron chi connectivity index (χ0n) is 13.6. The molecule has 4 heteroatoms. The van der Waals surface area contributed by atoms with Gasteiger partial charge >= 0.3 is 0 Å². The third kappa shape index (κ3) is 4.88. The second-order valence-electron chi connectivity index (χ2n) is 6.08. The molecule has 1 aromatic heterocycles. The van der Waals surface area contributed by atoms with Crippen molar-refractivity contribution in [2.45, 2.75) is 34.1 Å². The minimum atomic E-state index is 0.0202. The maximum absolute atomic E-state index is 11.7. The Morgan fingerprint density at radius 1 is 1.09 bits per heavy atom. The molecule has 1 heterocycles. The van der Waals surface area contributed by atoms with Crippen molar-refractivity contribution in [3.63, 3.8) is 0 Å². The number of anilines is 3. The van der Waals surface area contributed by atoms with Gasteiger partial charge in [0.05, 0.1) is 11.9 Å². The molecule has 0 fully saturated rings. The van der Waals surface area contributed by atoms with Crippen LogP contribution >= 0.6 is 0 Å². The van der Waals surface area contributed by atoms with Crippen molar-refractivity contribution in [1.29, 1.82) is 0 Å². The van der Waals surface area contributed by atoms with Crippen LogP contribution in [0.4, 0.5) is 17.2 Å². The van der Waals surface area contributed by atoms with E-state index in [1.807, 2.05) is 26.0 Å². The maximum Gasteiger partial charge on any atom is 0.224 e. The summed E-state index contributed by atoms with van der Waals surface area (Å²) in [7, 11) is 0. The van der Waals surface area contributed by atoms with Gasteiger partial charge in [0.15, 0.2) is 0 Å². The van der Waals surface area contributed by atoms with Gasteiger partial charge in [-0.05, 0) is 55.2 Å². The molecule has 116 valence electrons. The second kappa shape index (κ2) is 7.07. The summed E-state index contributed by atoms with van der Waals surface area (Å²) in [6.45, 7) is 8.18. The van der Waals surface area contributed by atoms with Crippen molar-refractivity contribution in [2.24, 2.45) is 5.92 Å². The number of carbonyl (C=O) groups is 1. The van der Waals surface area contributed by atoms with Crippen LogP contribution < -0.4 is 10.6 Å². The molecule has 2 aromatic rings. The number of aryl methyl sites for hydroxylation is 2. The lowest BCUT2D eigenvalue weighted by Gasteiger charge is -2.10. The fourth-order valence-corrected chi connectivity index (χ4v) is 2.32. The Bertz CT molecular complexity index is 628. The molecule has 0 aliphatic rings.